The number of para-hydroxylation sites is 1. The van der Waals surface area contributed by atoms with Gasteiger partial charge in [-0.2, -0.15) is 5.10 Å². The van der Waals surface area contributed by atoms with Gasteiger partial charge in [-0.25, -0.2) is 5.43 Å². The molecule has 1 aromatic heterocycles. The molecule has 4 aromatic rings. The SMILES string of the molecule is COc1ccccc1/C=C/C=N\NC(=O)CSc1nnc(-c2ccccc2)n1-c1ccc(Br)cc1. The number of ether oxygens (including phenoxy) is 1. The second-order valence-corrected chi connectivity index (χ2v) is 9.05. The third-order valence-electron chi connectivity index (χ3n) is 4.85. The molecule has 1 amide bonds. The van der Waals surface area contributed by atoms with E-state index in [0.717, 1.165) is 27.0 Å². The minimum Gasteiger partial charge on any atom is -0.496 e. The Kier molecular flexibility index (Phi) is 8.48. The normalized spacial score (nSPS) is 11.3. The fourth-order valence-corrected chi connectivity index (χ4v) is 4.23. The molecule has 4 rings (SSSR count). The quantitative estimate of drug-likeness (QED) is 0.167. The summed E-state index contributed by atoms with van der Waals surface area (Å²) >= 11 is 4.77. The molecule has 0 fully saturated rings. The molecule has 3 aromatic carbocycles. The Labute approximate surface area is 216 Å². The van der Waals surface area contributed by atoms with Crippen LogP contribution < -0.4 is 10.2 Å². The van der Waals surface area contributed by atoms with Crippen LogP contribution in [0.5, 0.6) is 5.75 Å². The Balaban J connectivity index is 1.42. The summed E-state index contributed by atoms with van der Waals surface area (Å²) in [6.07, 6.45) is 5.11. The molecule has 1 heterocycles. The Morgan fingerprint density at radius 2 is 1.80 bits per heavy atom. The van der Waals surface area contributed by atoms with Crippen molar-refractivity contribution in [1.82, 2.24) is 20.2 Å². The average Bonchev–Trinajstić information content (AvgIpc) is 3.32. The van der Waals surface area contributed by atoms with E-state index in [2.05, 4.69) is 36.7 Å². The molecule has 0 saturated heterocycles. The first-order valence-corrected chi connectivity index (χ1v) is 12.4. The van der Waals surface area contributed by atoms with Crippen molar-refractivity contribution in [3.8, 4) is 22.8 Å². The first-order valence-electron chi connectivity index (χ1n) is 10.7. The minimum atomic E-state index is -0.247. The molecule has 0 bridgehead atoms. The summed E-state index contributed by atoms with van der Waals surface area (Å²) in [4.78, 5) is 12.4. The number of nitrogens with one attached hydrogen (secondary N) is 1. The zero-order valence-corrected chi connectivity index (χ0v) is 21.2. The molecule has 0 aliphatic carbocycles. The molecule has 0 saturated carbocycles. The van der Waals surface area contributed by atoms with Crippen molar-refractivity contribution in [2.24, 2.45) is 5.10 Å². The molecule has 0 spiro atoms. The number of hydrazone groups is 1. The van der Waals surface area contributed by atoms with Crippen LogP contribution >= 0.6 is 27.7 Å². The molecule has 0 aliphatic heterocycles. The summed E-state index contributed by atoms with van der Waals surface area (Å²) in [6.45, 7) is 0. The van der Waals surface area contributed by atoms with Gasteiger partial charge < -0.3 is 4.74 Å². The Hall–Kier alpha value is -3.69. The van der Waals surface area contributed by atoms with Gasteiger partial charge >= 0.3 is 0 Å². The molecule has 0 unspecified atom stereocenters. The monoisotopic (exact) mass is 547 g/mol. The molecule has 35 heavy (non-hydrogen) atoms. The number of benzene rings is 3. The smallest absolute Gasteiger partial charge is 0.250 e. The van der Waals surface area contributed by atoms with Crippen molar-refractivity contribution in [3.63, 3.8) is 0 Å². The highest BCUT2D eigenvalue weighted by Gasteiger charge is 2.17. The second kappa shape index (κ2) is 12.1. The molecule has 0 aliphatic rings. The molecule has 0 radical (unpaired) electrons. The fourth-order valence-electron chi connectivity index (χ4n) is 3.23. The van der Waals surface area contributed by atoms with Gasteiger partial charge in [0.1, 0.15) is 5.75 Å². The van der Waals surface area contributed by atoms with Crippen LogP contribution in [0, 0.1) is 0 Å². The number of methoxy groups -OCH3 is 1. The van der Waals surface area contributed by atoms with Gasteiger partial charge in [-0.3, -0.25) is 9.36 Å². The van der Waals surface area contributed by atoms with E-state index in [0.29, 0.717) is 11.0 Å². The second-order valence-electron chi connectivity index (χ2n) is 7.19. The predicted molar refractivity (Wildman–Crippen MR) is 144 cm³/mol. The van der Waals surface area contributed by atoms with E-state index in [1.54, 1.807) is 13.2 Å². The Morgan fingerprint density at radius 1 is 1.06 bits per heavy atom. The van der Waals surface area contributed by atoms with Crippen LogP contribution in [0.4, 0.5) is 0 Å². The lowest BCUT2D eigenvalue weighted by Crippen LogP contribution is -2.19. The predicted octanol–water partition coefficient (Wildman–Crippen LogP) is 5.61. The summed E-state index contributed by atoms with van der Waals surface area (Å²) in [6, 6.07) is 25.3. The third-order valence-corrected chi connectivity index (χ3v) is 6.30. The van der Waals surface area contributed by atoms with Crippen molar-refractivity contribution in [2.75, 3.05) is 12.9 Å². The van der Waals surface area contributed by atoms with Gasteiger partial charge in [0, 0.05) is 27.5 Å². The number of hydrogen-bond acceptors (Lipinski definition) is 6. The summed E-state index contributed by atoms with van der Waals surface area (Å²) in [5.74, 6) is 1.36. The van der Waals surface area contributed by atoms with Crippen LogP contribution in [0.15, 0.2) is 99.7 Å². The van der Waals surface area contributed by atoms with Crippen molar-refractivity contribution in [2.45, 2.75) is 5.16 Å². The number of carbonyl (C=O) groups excluding carboxylic acids is 1. The zero-order valence-electron chi connectivity index (χ0n) is 18.8. The highest BCUT2D eigenvalue weighted by atomic mass is 79.9. The van der Waals surface area contributed by atoms with Crippen LogP contribution in [0.1, 0.15) is 5.56 Å². The number of halogens is 1. The largest absolute Gasteiger partial charge is 0.496 e. The number of rotatable bonds is 9. The highest BCUT2D eigenvalue weighted by molar-refractivity contribution is 9.10. The highest BCUT2D eigenvalue weighted by Crippen LogP contribution is 2.28. The summed E-state index contributed by atoms with van der Waals surface area (Å²) < 4.78 is 8.23. The van der Waals surface area contributed by atoms with Gasteiger partial charge in [-0.1, -0.05) is 76.2 Å². The van der Waals surface area contributed by atoms with Crippen LogP contribution in [-0.4, -0.2) is 39.7 Å². The van der Waals surface area contributed by atoms with Gasteiger partial charge in [-0.05, 0) is 42.5 Å². The summed E-state index contributed by atoms with van der Waals surface area (Å²) in [5, 5.41) is 13.3. The Bertz CT molecular complexity index is 1340. The van der Waals surface area contributed by atoms with E-state index >= 15 is 0 Å². The molecular formula is C26H22BrN5O2S. The van der Waals surface area contributed by atoms with E-state index in [1.807, 2.05) is 89.5 Å². The van der Waals surface area contributed by atoms with Crippen molar-refractivity contribution in [1.29, 1.82) is 0 Å². The average molecular weight is 548 g/mol. The zero-order chi connectivity index (χ0) is 24.5. The van der Waals surface area contributed by atoms with Gasteiger partial charge in [0.15, 0.2) is 11.0 Å². The maximum atomic E-state index is 12.4. The number of carbonyl (C=O) groups is 1. The van der Waals surface area contributed by atoms with E-state index in [1.165, 1.54) is 18.0 Å². The lowest BCUT2D eigenvalue weighted by atomic mass is 10.2. The lowest BCUT2D eigenvalue weighted by molar-refractivity contribution is -0.118. The fraction of sp³-hybridized carbons (Fsp3) is 0.0769. The molecular weight excluding hydrogens is 526 g/mol. The molecule has 176 valence electrons. The lowest BCUT2D eigenvalue weighted by Gasteiger charge is -2.10. The summed E-state index contributed by atoms with van der Waals surface area (Å²) in [7, 11) is 1.62. The van der Waals surface area contributed by atoms with Crippen LogP contribution in [-0.2, 0) is 4.79 Å². The van der Waals surface area contributed by atoms with E-state index in [9.17, 15) is 4.79 Å². The topological polar surface area (TPSA) is 81.4 Å². The van der Waals surface area contributed by atoms with Crippen LogP contribution in [0.3, 0.4) is 0 Å². The molecule has 7 nitrogen and oxygen atoms in total. The first kappa shape index (κ1) is 24.4. The van der Waals surface area contributed by atoms with Crippen molar-refractivity contribution < 1.29 is 9.53 Å². The summed E-state index contributed by atoms with van der Waals surface area (Å²) in [5.41, 5.74) is 5.30. The first-order chi connectivity index (χ1) is 17.2. The molecule has 0 atom stereocenters. The third kappa shape index (κ3) is 6.46. The van der Waals surface area contributed by atoms with E-state index < -0.39 is 0 Å². The van der Waals surface area contributed by atoms with Gasteiger partial charge in [0.2, 0.25) is 0 Å². The van der Waals surface area contributed by atoms with Gasteiger partial charge in [-0.15, -0.1) is 10.2 Å². The maximum Gasteiger partial charge on any atom is 0.250 e. The number of allylic oxidation sites excluding steroid dienone is 1. The number of amides is 1. The number of hydrogen-bond donors (Lipinski definition) is 1. The maximum absolute atomic E-state index is 12.4. The number of thioether (sulfide) groups is 1. The van der Waals surface area contributed by atoms with Gasteiger partial charge in [0.25, 0.3) is 5.91 Å². The molecule has 9 heteroatoms. The van der Waals surface area contributed by atoms with Crippen LogP contribution in [0.2, 0.25) is 0 Å². The molecule has 1 N–H and O–H groups in total. The van der Waals surface area contributed by atoms with E-state index in [4.69, 9.17) is 4.74 Å². The number of nitrogens with zero attached hydrogens (tertiary/aromatic N) is 4. The van der Waals surface area contributed by atoms with E-state index in [-0.39, 0.29) is 11.7 Å². The van der Waals surface area contributed by atoms with Crippen LogP contribution in [0.25, 0.3) is 23.2 Å². The Morgan fingerprint density at radius 3 is 2.57 bits per heavy atom. The number of aromatic nitrogens is 3. The van der Waals surface area contributed by atoms with Gasteiger partial charge in [0.05, 0.1) is 12.9 Å². The van der Waals surface area contributed by atoms with Crippen molar-refractivity contribution in [3.05, 3.63) is 95.0 Å². The standard InChI is InChI=1S/C26H22BrN5O2S/c1-34-23-12-6-5-8-19(23)11-7-17-28-29-24(33)18-35-26-31-30-25(20-9-3-2-4-10-20)32(26)22-15-13-21(27)14-16-22/h2-17H,18H2,1H3,(H,29,33)/b11-7+,28-17-. The van der Waals surface area contributed by atoms with Crippen molar-refractivity contribution >= 4 is 45.9 Å². The minimum absolute atomic E-state index is 0.136.